The highest BCUT2D eigenvalue weighted by molar-refractivity contribution is 7.10. The van der Waals surface area contributed by atoms with Crippen LogP contribution in [0.2, 0.25) is 5.02 Å². The summed E-state index contributed by atoms with van der Waals surface area (Å²) in [7, 11) is 0. The highest BCUT2D eigenvalue weighted by Crippen LogP contribution is 2.39. The number of nitrogens with zero attached hydrogens (tertiary/aromatic N) is 1. The first-order valence-corrected chi connectivity index (χ1v) is 9.87. The number of nitrogens with two attached hydrogens (primary N) is 1. The minimum absolute atomic E-state index is 0.0782. The van der Waals surface area contributed by atoms with E-state index in [0.717, 1.165) is 17.5 Å². The molecule has 1 fully saturated rings. The number of hydrogen-bond donors (Lipinski definition) is 1. The predicted octanol–water partition coefficient (Wildman–Crippen LogP) is 2.91. The number of primary amides is 1. The molecule has 3 heterocycles. The second-order valence-corrected chi connectivity index (χ2v) is 8.07. The molecule has 3 atom stereocenters. The highest BCUT2D eigenvalue weighted by Gasteiger charge is 2.40. The Morgan fingerprint density at radius 2 is 1.88 bits per heavy atom. The Kier molecular flexibility index (Phi) is 4.73. The molecule has 2 aliphatic rings. The lowest BCUT2D eigenvalue weighted by molar-refractivity contribution is -0.147. The minimum Gasteiger partial charge on any atom is -0.367 e. The number of amides is 2. The van der Waals surface area contributed by atoms with Gasteiger partial charge < -0.3 is 15.4 Å². The first kappa shape index (κ1) is 17.5. The zero-order valence-corrected chi connectivity index (χ0v) is 15.6. The van der Waals surface area contributed by atoms with Crippen LogP contribution in [0.15, 0.2) is 35.7 Å². The molecule has 2 aromatic rings. The number of thiophene rings is 1. The molecule has 1 aromatic carbocycles. The Morgan fingerprint density at radius 1 is 1.15 bits per heavy atom. The van der Waals surface area contributed by atoms with Gasteiger partial charge in [0, 0.05) is 16.4 Å². The van der Waals surface area contributed by atoms with Gasteiger partial charge in [0.2, 0.25) is 5.91 Å². The Bertz CT molecular complexity index is 836. The molecule has 0 saturated carbocycles. The van der Waals surface area contributed by atoms with Crippen LogP contribution in [0.3, 0.4) is 0 Å². The number of carbonyl (C=O) groups excluding carboxylic acids is 2. The van der Waals surface area contributed by atoms with E-state index in [1.54, 1.807) is 11.3 Å². The average molecular weight is 391 g/mol. The van der Waals surface area contributed by atoms with E-state index in [2.05, 4.69) is 11.4 Å². The second kappa shape index (κ2) is 7.02. The van der Waals surface area contributed by atoms with Crippen LogP contribution in [0.4, 0.5) is 0 Å². The largest absolute Gasteiger partial charge is 0.367 e. The van der Waals surface area contributed by atoms with Gasteiger partial charge in [-0.2, -0.15) is 0 Å². The van der Waals surface area contributed by atoms with Gasteiger partial charge in [0.25, 0.3) is 5.91 Å². The molecular weight excluding hydrogens is 372 g/mol. The zero-order chi connectivity index (χ0) is 18.3. The van der Waals surface area contributed by atoms with Gasteiger partial charge in [0.05, 0.1) is 6.04 Å². The molecule has 5 nitrogen and oxygen atoms in total. The standard InChI is InChI=1S/C19H19ClN2O3S/c20-12-3-1-11(2-4-12)17-13-8-10-26-16(13)7-9-22(17)19(24)15-6-5-14(25-15)18(21)23/h1-4,8,10,14-15,17H,5-7,9H2,(H2,21,23)/t14-,15+,17?/m0/s1. The molecule has 0 bridgehead atoms. The Balaban J connectivity index is 1.65. The summed E-state index contributed by atoms with van der Waals surface area (Å²) in [5.41, 5.74) is 7.49. The molecule has 2 aliphatic heterocycles. The van der Waals surface area contributed by atoms with E-state index in [0.29, 0.717) is 24.4 Å². The third kappa shape index (κ3) is 3.13. The van der Waals surface area contributed by atoms with E-state index in [4.69, 9.17) is 22.1 Å². The van der Waals surface area contributed by atoms with Crippen molar-refractivity contribution in [1.82, 2.24) is 4.90 Å². The third-order valence-corrected chi connectivity index (χ3v) is 6.30. The first-order valence-electron chi connectivity index (χ1n) is 8.61. The van der Waals surface area contributed by atoms with Crippen molar-refractivity contribution in [2.45, 2.75) is 37.5 Å². The highest BCUT2D eigenvalue weighted by atomic mass is 35.5. The summed E-state index contributed by atoms with van der Waals surface area (Å²) in [5.74, 6) is -0.584. The molecule has 2 amide bonds. The molecule has 7 heteroatoms. The SMILES string of the molecule is NC(=O)[C@@H]1CC[C@H](C(=O)N2CCc3sccc3C2c2ccc(Cl)cc2)O1. The summed E-state index contributed by atoms with van der Waals surface area (Å²) < 4.78 is 5.63. The van der Waals surface area contributed by atoms with E-state index in [1.165, 1.54) is 4.88 Å². The normalized spacial score (nSPS) is 25.1. The van der Waals surface area contributed by atoms with Crippen molar-refractivity contribution >= 4 is 34.8 Å². The predicted molar refractivity (Wildman–Crippen MR) is 100 cm³/mol. The topological polar surface area (TPSA) is 72.6 Å². The van der Waals surface area contributed by atoms with Gasteiger partial charge in [-0.25, -0.2) is 0 Å². The third-order valence-electron chi connectivity index (χ3n) is 5.05. The number of fused-ring (bicyclic) bond motifs is 1. The number of halogens is 1. The molecular formula is C19H19ClN2O3S. The van der Waals surface area contributed by atoms with Crippen LogP contribution in [-0.2, 0) is 20.7 Å². The fourth-order valence-corrected chi connectivity index (χ4v) is 4.80. The van der Waals surface area contributed by atoms with Crippen LogP contribution in [0.1, 0.15) is 34.9 Å². The molecule has 2 N–H and O–H groups in total. The summed E-state index contributed by atoms with van der Waals surface area (Å²) >= 11 is 7.76. The maximum atomic E-state index is 13.2. The maximum Gasteiger partial charge on any atom is 0.252 e. The van der Waals surface area contributed by atoms with Crippen molar-refractivity contribution in [3.8, 4) is 0 Å². The van der Waals surface area contributed by atoms with Gasteiger partial charge in [0.15, 0.2) is 0 Å². The van der Waals surface area contributed by atoms with Crippen molar-refractivity contribution < 1.29 is 14.3 Å². The minimum atomic E-state index is -0.667. The lowest BCUT2D eigenvalue weighted by atomic mass is 9.92. The molecule has 4 rings (SSSR count). The fraction of sp³-hybridized carbons (Fsp3) is 0.368. The van der Waals surface area contributed by atoms with Gasteiger partial charge in [-0.15, -0.1) is 11.3 Å². The first-order chi connectivity index (χ1) is 12.5. The molecule has 1 unspecified atom stereocenters. The zero-order valence-electron chi connectivity index (χ0n) is 14.1. The van der Waals surface area contributed by atoms with Gasteiger partial charge in [-0.1, -0.05) is 23.7 Å². The molecule has 1 saturated heterocycles. The Morgan fingerprint density at radius 3 is 2.58 bits per heavy atom. The van der Waals surface area contributed by atoms with Crippen molar-refractivity contribution in [3.63, 3.8) is 0 Å². The van der Waals surface area contributed by atoms with Crippen LogP contribution in [0, 0.1) is 0 Å². The number of hydrogen-bond acceptors (Lipinski definition) is 4. The van der Waals surface area contributed by atoms with Crippen molar-refractivity contribution in [3.05, 3.63) is 56.7 Å². The Hall–Kier alpha value is -1.89. The quantitative estimate of drug-likeness (QED) is 0.875. The van der Waals surface area contributed by atoms with Crippen molar-refractivity contribution in [2.24, 2.45) is 5.73 Å². The molecule has 0 aliphatic carbocycles. The monoisotopic (exact) mass is 390 g/mol. The van der Waals surface area contributed by atoms with Crippen LogP contribution in [-0.4, -0.2) is 35.5 Å². The molecule has 26 heavy (non-hydrogen) atoms. The second-order valence-electron chi connectivity index (χ2n) is 6.63. The fourth-order valence-electron chi connectivity index (χ4n) is 3.77. The molecule has 0 spiro atoms. The molecule has 1 aromatic heterocycles. The number of benzene rings is 1. The van der Waals surface area contributed by atoms with Crippen LogP contribution < -0.4 is 5.73 Å². The van der Waals surface area contributed by atoms with E-state index >= 15 is 0 Å². The van der Waals surface area contributed by atoms with Gasteiger partial charge >= 0.3 is 0 Å². The maximum absolute atomic E-state index is 13.2. The molecule has 136 valence electrons. The lowest BCUT2D eigenvalue weighted by Crippen LogP contribution is -2.45. The van der Waals surface area contributed by atoms with Crippen molar-refractivity contribution in [1.29, 1.82) is 0 Å². The Labute approximate surface area is 160 Å². The summed E-state index contributed by atoms with van der Waals surface area (Å²) in [4.78, 5) is 27.7. The number of ether oxygens (including phenoxy) is 1. The van der Waals surface area contributed by atoms with Crippen molar-refractivity contribution in [2.75, 3.05) is 6.54 Å². The van der Waals surface area contributed by atoms with Crippen LogP contribution in [0.5, 0.6) is 0 Å². The summed E-state index contributed by atoms with van der Waals surface area (Å²) in [6.45, 7) is 0.626. The van der Waals surface area contributed by atoms with E-state index < -0.39 is 18.1 Å². The average Bonchev–Trinajstić information content (AvgIpc) is 3.30. The summed E-state index contributed by atoms with van der Waals surface area (Å²) in [6, 6.07) is 9.53. The lowest BCUT2D eigenvalue weighted by Gasteiger charge is -2.37. The smallest absolute Gasteiger partial charge is 0.252 e. The van der Waals surface area contributed by atoms with Gasteiger partial charge in [-0.05, 0) is 54.0 Å². The van der Waals surface area contributed by atoms with E-state index in [9.17, 15) is 9.59 Å². The van der Waals surface area contributed by atoms with E-state index in [-0.39, 0.29) is 11.9 Å². The van der Waals surface area contributed by atoms with E-state index in [1.807, 2.05) is 29.2 Å². The number of rotatable bonds is 3. The molecule has 0 radical (unpaired) electrons. The van der Waals surface area contributed by atoms with Crippen LogP contribution >= 0.6 is 22.9 Å². The number of carbonyl (C=O) groups is 2. The van der Waals surface area contributed by atoms with Crippen LogP contribution in [0.25, 0.3) is 0 Å². The van der Waals surface area contributed by atoms with Gasteiger partial charge in [0.1, 0.15) is 12.2 Å². The summed E-state index contributed by atoms with van der Waals surface area (Å²) in [6.07, 6.45) is 0.568. The van der Waals surface area contributed by atoms with Gasteiger partial charge in [-0.3, -0.25) is 9.59 Å². The summed E-state index contributed by atoms with van der Waals surface area (Å²) in [5, 5.41) is 2.73.